The van der Waals surface area contributed by atoms with Crippen molar-refractivity contribution >= 4 is 52.8 Å². The van der Waals surface area contributed by atoms with Crippen LogP contribution >= 0.6 is 24.2 Å². The fraction of sp³-hybridized carbons (Fsp3) is 0.269. The second-order valence-corrected chi connectivity index (χ2v) is 9.84. The molecule has 0 spiro atoms. The number of hydrogen-bond acceptors (Lipinski definition) is 7. The minimum absolute atomic E-state index is 0. The zero-order valence-electron chi connectivity index (χ0n) is 19.7. The monoisotopic (exact) mass is 528 g/mol. The summed E-state index contributed by atoms with van der Waals surface area (Å²) in [6.45, 7) is 3.61. The molecule has 1 amide bonds. The van der Waals surface area contributed by atoms with Crippen LogP contribution in [-0.2, 0) is 0 Å². The van der Waals surface area contributed by atoms with Crippen LogP contribution in [0.3, 0.4) is 0 Å². The zero-order chi connectivity index (χ0) is 24.2. The SMILES string of the molecule is Cl.NCCN1CCC(Nc2cc(C(=O)NNc3ccc(F)cc3)cc3c2Nc2ccccc2S3)CC1. The van der Waals surface area contributed by atoms with Crippen LogP contribution in [0.25, 0.3) is 0 Å². The van der Waals surface area contributed by atoms with Crippen molar-refractivity contribution in [1.82, 2.24) is 10.3 Å². The average molecular weight is 529 g/mol. The Bertz CT molecular complexity index is 1200. The van der Waals surface area contributed by atoms with E-state index in [0.717, 1.165) is 59.3 Å². The first-order valence-electron chi connectivity index (χ1n) is 11.8. The van der Waals surface area contributed by atoms with E-state index in [4.69, 9.17) is 5.73 Å². The van der Waals surface area contributed by atoms with Gasteiger partial charge in [0.1, 0.15) is 5.82 Å². The number of fused-ring (bicyclic) bond motifs is 2. The number of anilines is 4. The molecule has 6 N–H and O–H groups in total. The first-order valence-corrected chi connectivity index (χ1v) is 12.6. The van der Waals surface area contributed by atoms with Crippen molar-refractivity contribution in [2.24, 2.45) is 5.73 Å². The molecule has 0 radical (unpaired) electrons. The van der Waals surface area contributed by atoms with Crippen LogP contribution in [0.2, 0.25) is 0 Å². The van der Waals surface area contributed by atoms with Gasteiger partial charge in [0.2, 0.25) is 0 Å². The smallest absolute Gasteiger partial charge is 0.269 e. The van der Waals surface area contributed by atoms with Crippen molar-refractivity contribution in [3.63, 3.8) is 0 Å². The third kappa shape index (κ3) is 6.04. The highest BCUT2D eigenvalue weighted by atomic mass is 35.5. The summed E-state index contributed by atoms with van der Waals surface area (Å²) in [5, 5.41) is 7.27. The molecule has 2 aliphatic heterocycles. The molecule has 36 heavy (non-hydrogen) atoms. The minimum Gasteiger partial charge on any atom is -0.380 e. The summed E-state index contributed by atoms with van der Waals surface area (Å²) in [6, 6.07) is 18.1. The summed E-state index contributed by atoms with van der Waals surface area (Å²) >= 11 is 1.65. The Labute approximate surface area is 220 Å². The zero-order valence-corrected chi connectivity index (χ0v) is 21.4. The standard InChI is InChI=1S/C26H29FN6OS.ClH/c27-18-5-7-20(8-6-18)31-32-26(34)17-15-22(29-19-9-12-33(13-10-19)14-11-28)25-24(16-17)35-23-4-2-1-3-21(23)30-25;/h1-8,15-16,19,29-31H,9-14,28H2,(H,32,34);1H. The van der Waals surface area contributed by atoms with Crippen LogP contribution in [0.15, 0.2) is 70.5 Å². The Morgan fingerprint density at radius 3 is 2.58 bits per heavy atom. The molecule has 0 unspecified atom stereocenters. The quantitative estimate of drug-likeness (QED) is 0.214. The van der Waals surface area contributed by atoms with E-state index < -0.39 is 0 Å². The summed E-state index contributed by atoms with van der Waals surface area (Å²) in [5.74, 6) is -0.594. The van der Waals surface area contributed by atoms with E-state index in [1.165, 1.54) is 12.1 Å². The first kappa shape index (κ1) is 26.1. The van der Waals surface area contributed by atoms with Crippen molar-refractivity contribution in [2.75, 3.05) is 42.2 Å². The number of carbonyl (C=O) groups is 1. The summed E-state index contributed by atoms with van der Waals surface area (Å²) in [7, 11) is 0. The molecule has 0 saturated carbocycles. The molecule has 190 valence electrons. The number of nitrogens with one attached hydrogen (secondary N) is 4. The van der Waals surface area contributed by atoms with Crippen LogP contribution in [0.4, 0.5) is 27.1 Å². The van der Waals surface area contributed by atoms with Gasteiger partial charge in [0.25, 0.3) is 5.91 Å². The maximum atomic E-state index is 13.2. The lowest BCUT2D eigenvalue weighted by molar-refractivity contribution is 0.0962. The largest absolute Gasteiger partial charge is 0.380 e. The number of rotatable bonds is 7. The van der Waals surface area contributed by atoms with E-state index >= 15 is 0 Å². The number of likely N-dealkylation sites (tertiary alicyclic amines) is 1. The molecule has 2 aliphatic rings. The number of halogens is 2. The second kappa shape index (κ2) is 11.8. The van der Waals surface area contributed by atoms with E-state index in [0.29, 0.717) is 23.8 Å². The maximum Gasteiger partial charge on any atom is 0.269 e. The van der Waals surface area contributed by atoms with Crippen LogP contribution in [-0.4, -0.2) is 43.0 Å². The number of benzene rings is 3. The Kier molecular flexibility index (Phi) is 8.58. The summed E-state index contributed by atoms with van der Waals surface area (Å²) in [6.07, 6.45) is 2.03. The molecule has 0 bridgehead atoms. The van der Waals surface area contributed by atoms with Crippen molar-refractivity contribution in [3.05, 3.63) is 72.0 Å². The lowest BCUT2D eigenvalue weighted by Crippen LogP contribution is -2.41. The van der Waals surface area contributed by atoms with Gasteiger partial charge in [0.15, 0.2) is 0 Å². The van der Waals surface area contributed by atoms with Gasteiger partial charge in [-0.2, -0.15) is 0 Å². The fourth-order valence-electron chi connectivity index (χ4n) is 4.42. The Morgan fingerprint density at radius 2 is 1.83 bits per heavy atom. The molecule has 3 aromatic carbocycles. The van der Waals surface area contributed by atoms with Gasteiger partial charge in [-0.1, -0.05) is 23.9 Å². The molecule has 0 aromatic heterocycles. The minimum atomic E-state index is -0.328. The molecule has 2 heterocycles. The average Bonchev–Trinajstić information content (AvgIpc) is 2.88. The highest BCUT2D eigenvalue weighted by molar-refractivity contribution is 7.99. The normalized spacial score (nSPS) is 15.1. The van der Waals surface area contributed by atoms with Gasteiger partial charge in [-0.15, -0.1) is 12.4 Å². The lowest BCUT2D eigenvalue weighted by Gasteiger charge is -2.33. The van der Waals surface area contributed by atoms with Gasteiger partial charge in [-0.3, -0.25) is 15.6 Å². The molecule has 3 aromatic rings. The molecule has 5 rings (SSSR count). The van der Waals surface area contributed by atoms with Gasteiger partial charge in [0.05, 0.1) is 22.7 Å². The predicted molar refractivity (Wildman–Crippen MR) is 147 cm³/mol. The number of hydrazine groups is 1. The Morgan fingerprint density at radius 1 is 1.08 bits per heavy atom. The van der Waals surface area contributed by atoms with Crippen LogP contribution < -0.4 is 27.2 Å². The topological polar surface area (TPSA) is 94.5 Å². The maximum absolute atomic E-state index is 13.2. The van der Waals surface area contributed by atoms with Crippen molar-refractivity contribution in [1.29, 1.82) is 0 Å². The molecular formula is C26H30ClFN6OS. The number of amides is 1. The third-order valence-electron chi connectivity index (χ3n) is 6.29. The van der Waals surface area contributed by atoms with Gasteiger partial charge in [0, 0.05) is 47.6 Å². The molecule has 0 atom stereocenters. The molecule has 7 nitrogen and oxygen atoms in total. The number of para-hydroxylation sites is 1. The second-order valence-electron chi connectivity index (χ2n) is 8.76. The summed E-state index contributed by atoms with van der Waals surface area (Å²) in [5.41, 5.74) is 15.4. The fourth-order valence-corrected chi connectivity index (χ4v) is 5.48. The number of carbonyl (C=O) groups excluding carboxylic acids is 1. The molecule has 0 aliphatic carbocycles. The van der Waals surface area contributed by atoms with Gasteiger partial charge in [-0.25, -0.2) is 4.39 Å². The van der Waals surface area contributed by atoms with E-state index in [1.54, 1.807) is 23.9 Å². The van der Waals surface area contributed by atoms with Gasteiger partial charge < -0.3 is 21.3 Å². The van der Waals surface area contributed by atoms with Crippen LogP contribution in [0, 0.1) is 5.82 Å². The van der Waals surface area contributed by atoms with Crippen LogP contribution in [0.5, 0.6) is 0 Å². The van der Waals surface area contributed by atoms with E-state index in [1.807, 2.05) is 24.3 Å². The summed E-state index contributed by atoms with van der Waals surface area (Å²) in [4.78, 5) is 17.5. The van der Waals surface area contributed by atoms with E-state index in [9.17, 15) is 9.18 Å². The first-order chi connectivity index (χ1) is 17.1. The van der Waals surface area contributed by atoms with E-state index in [2.05, 4.69) is 38.5 Å². The molecular weight excluding hydrogens is 499 g/mol. The van der Waals surface area contributed by atoms with Crippen molar-refractivity contribution < 1.29 is 9.18 Å². The molecule has 10 heteroatoms. The highest BCUT2D eigenvalue weighted by Crippen LogP contribution is 2.48. The highest BCUT2D eigenvalue weighted by Gasteiger charge is 2.24. The third-order valence-corrected chi connectivity index (χ3v) is 7.41. The van der Waals surface area contributed by atoms with Crippen molar-refractivity contribution in [3.8, 4) is 0 Å². The molecule has 1 saturated heterocycles. The number of nitrogens with zero attached hydrogens (tertiary/aromatic N) is 1. The Hall–Kier alpha value is -2.98. The lowest BCUT2D eigenvalue weighted by atomic mass is 10.0. The summed E-state index contributed by atoms with van der Waals surface area (Å²) < 4.78 is 13.2. The number of nitrogens with two attached hydrogens (primary N) is 1. The predicted octanol–water partition coefficient (Wildman–Crippen LogP) is 5.05. The van der Waals surface area contributed by atoms with Crippen molar-refractivity contribution in [2.45, 2.75) is 28.7 Å². The van der Waals surface area contributed by atoms with Gasteiger partial charge in [-0.05, 0) is 61.4 Å². The molecule has 1 fully saturated rings. The van der Waals surface area contributed by atoms with E-state index in [-0.39, 0.29) is 24.1 Å². The number of hydrogen-bond donors (Lipinski definition) is 5. The van der Waals surface area contributed by atoms with Gasteiger partial charge >= 0.3 is 0 Å². The Balaban J connectivity index is 0.00000304. The number of piperidine rings is 1. The van der Waals surface area contributed by atoms with Crippen LogP contribution in [0.1, 0.15) is 23.2 Å².